The molecule has 3 saturated heterocycles. The van der Waals surface area contributed by atoms with Gasteiger partial charge in [0.2, 0.25) is 0 Å². The van der Waals surface area contributed by atoms with Gasteiger partial charge in [0.15, 0.2) is 0 Å². The van der Waals surface area contributed by atoms with Crippen LogP contribution in [0.2, 0.25) is 0 Å². The summed E-state index contributed by atoms with van der Waals surface area (Å²) in [5, 5.41) is 12.5. The summed E-state index contributed by atoms with van der Waals surface area (Å²) in [4.78, 5) is 4.35. The topological polar surface area (TPSA) is 33.1 Å². The second-order valence-corrected chi connectivity index (χ2v) is 10.3. The molecule has 4 heterocycles. The minimum absolute atomic E-state index is 0.0397. The van der Waals surface area contributed by atoms with Crippen molar-refractivity contribution >= 4 is 10.9 Å². The number of hydrogen-bond donors (Lipinski definition) is 1. The van der Waals surface area contributed by atoms with Gasteiger partial charge in [0.1, 0.15) is 18.7 Å². The highest BCUT2D eigenvalue weighted by molar-refractivity contribution is 5.82. The Balaban J connectivity index is 1.59. The molecule has 2 bridgehead atoms. The van der Waals surface area contributed by atoms with Crippen LogP contribution in [-0.2, 0) is 18.9 Å². The molecule has 3 nitrogen and oxygen atoms in total. The first-order valence-electron chi connectivity index (χ1n) is 12.2. The minimum Gasteiger partial charge on any atom is -0.382 e. The number of aromatic nitrogens is 1. The fourth-order valence-corrected chi connectivity index (χ4v) is 6.44. The van der Waals surface area contributed by atoms with Gasteiger partial charge in [-0.2, -0.15) is 26.3 Å². The molecule has 3 aliphatic heterocycles. The molecule has 6 rings (SSSR count). The SMILES string of the molecule is C=CC1C[N@+]2(Cc3cc(C(F)(F)F)cc(C(F)(F)F)c3)CCC1CC2C(O)c1ccnc2ccccc12. The van der Waals surface area contributed by atoms with Gasteiger partial charge in [-0.15, -0.1) is 6.58 Å². The van der Waals surface area contributed by atoms with Crippen LogP contribution < -0.4 is 0 Å². The molecule has 9 heteroatoms. The number of aliphatic hydroxyl groups excluding tert-OH is 1. The van der Waals surface area contributed by atoms with Crippen LogP contribution in [0.15, 0.2) is 67.4 Å². The number of para-hydroxylation sites is 1. The summed E-state index contributed by atoms with van der Waals surface area (Å²) in [7, 11) is 0. The number of aliphatic hydroxyl groups is 1. The van der Waals surface area contributed by atoms with E-state index in [1.165, 1.54) is 0 Å². The summed E-state index contributed by atoms with van der Waals surface area (Å²) in [6.07, 6.45) is -5.99. The van der Waals surface area contributed by atoms with Gasteiger partial charge in [-0.05, 0) is 41.8 Å². The first kappa shape index (κ1) is 25.7. The molecule has 3 fully saturated rings. The normalized spacial score (nSPS) is 26.8. The lowest BCUT2D eigenvalue weighted by Gasteiger charge is -2.58. The molecule has 4 unspecified atom stereocenters. The Morgan fingerprint density at radius 1 is 1.03 bits per heavy atom. The maximum absolute atomic E-state index is 13.6. The monoisotopic (exact) mass is 521 g/mol. The van der Waals surface area contributed by atoms with Crippen LogP contribution in [0.5, 0.6) is 0 Å². The highest BCUT2D eigenvalue weighted by Gasteiger charge is 2.54. The largest absolute Gasteiger partial charge is 0.416 e. The number of halogens is 6. The maximum Gasteiger partial charge on any atom is 0.416 e. The first-order valence-corrected chi connectivity index (χ1v) is 12.2. The predicted molar refractivity (Wildman–Crippen MR) is 127 cm³/mol. The van der Waals surface area contributed by atoms with E-state index >= 15 is 0 Å². The molecule has 1 N–H and O–H groups in total. The van der Waals surface area contributed by atoms with Gasteiger partial charge in [-0.1, -0.05) is 24.3 Å². The fourth-order valence-electron chi connectivity index (χ4n) is 6.44. The Kier molecular flexibility index (Phi) is 6.35. The number of nitrogens with zero attached hydrogens (tertiary/aromatic N) is 2. The highest BCUT2D eigenvalue weighted by Crippen LogP contribution is 2.48. The van der Waals surface area contributed by atoms with Gasteiger partial charge < -0.3 is 9.59 Å². The molecule has 3 aromatic rings. The van der Waals surface area contributed by atoms with Crippen molar-refractivity contribution in [3.63, 3.8) is 0 Å². The van der Waals surface area contributed by atoms with Crippen molar-refractivity contribution in [1.82, 2.24) is 4.98 Å². The third-order valence-corrected chi connectivity index (χ3v) is 8.19. The number of rotatable bonds is 5. The third-order valence-electron chi connectivity index (χ3n) is 8.19. The lowest BCUT2D eigenvalue weighted by atomic mass is 9.71. The molecule has 2 aromatic carbocycles. The van der Waals surface area contributed by atoms with Gasteiger partial charge in [0, 0.05) is 35.9 Å². The summed E-state index contributed by atoms with van der Waals surface area (Å²) in [6.45, 7) is 4.93. The molecule has 196 valence electrons. The van der Waals surface area contributed by atoms with Crippen molar-refractivity contribution in [3.8, 4) is 0 Å². The van der Waals surface area contributed by atoms with Crippen LogP contribution in [0.4, 0.5) is 26.3 Å². The Hall–Kier alpha value is -2.91. The first-order chi connectivity index (χ1) is 17.4. The van der Waals surface area contributed by atoms with Gasteiger partial charge in [0.25, 0.3) is 0 Å². The van der Waals surface area contributed by atoms with E-state index in [1.54, 1.807) is 12.3 Å². The zero-order valence-electron chi connectivity index (χ0n) is 19.9. The molecule has 0 radical (unpaired) electrons. The fraction of sp³-hybridized carbons (Fsp3) is 0.393. The third kappa shape index (κ3) is 4.75. The average molecular weight is 522 g/mol. The Morgan fingerprint density at radius 3 is 2.35 bits per heavy atom. The second kappa shape index (κ2) is 9.13. The number of fused-ring (bicyclic) bond motifs is 4. The molecular formula is C28H27F6N2O+. The molecular weight excluding hydrogens is 494 g/mol. The molecule has 0 spiro atoms. The average Bonchev–Trinajstić information content (AvgIpc) is 2.86. The summed E-state index contributed by atoms with van der Waals surface area (Å²) < 4.78 is 81.6. The number of piperidine rings is 3. The summed E-state index contributed by atoms with van der Waals surface area (Å²) in [5.41, 5.74) is -1.31. The summed E-state index contributed by atoms with van der Waals surface area (Å²) in [6, 6.07) is 10.5. The van der Waals surface area contributed by atoms with Gasteiger partial charge in [0.05, 0.1) is 29.7 Å². The van der Waals surface area contributed by atoms with E-state index in [4.69, 9.17) is 0 Å². The molecule has 0 saturated carbocycles. The zero-order chi connectivity index (χ0) is 26.6. The van der Waals surface area contributed by atoms with Crippen LogP contribution in [-0.4, -0.2) is 33.7 Å². The van der Waals surface area contributed by atoms with Crippen LogP contribution in [0.3, 0.4) is 0 Å². The van der Waals surface area contributed by atoms with Gasteiger partial charge in [-0.25, -0.2) is 0 Å². The number of benzene rings is 2. The Bertz CT molecular complexity index is 1280. The van der Waals surface area contributed by atoms with Crippen LogP contribution in [0.25, 0.3) is 10.9 Å². The van der Waals surface area contributed by atoms with Crippen LogP contribution >= 0.6 is 0 Å². The van der Waals surface area contributed by atoms with E-state index in [9.17, 15) is 31.4 Å². The van der Waals surface area contributed by atoms with E-state index in [1.807, 2.05) is 30.3 Å². The second-order valence-electron chi connectivity index (χ2n) is 10.3. The van der Waals surface area contributed by atoms with Crippen molar-refractivity contribution < 1.29 is 35.9 Å². The van der Waals surface area contributed by atoms with Crippen molar-refractivity contribution in [2.24, 2.45) is 11.8 Å². The van der Waals surface area contributed by atoms with E-state index in [0.717, 1.165) is 23.9 Å². The van der Waals surface area contributed by atoms with Gasteiger partial charge >= 0.3 is 12.4 Å². The minimum atomic E-state index is -4.91. The van der Waals surface area contributed by atoms with Crippen molar-refractivity contribution in [2.45, 2.75) is 43.9 Å². The van der Waals surface area contributed by atoms with E-state index in [2.05, 4.69) is 11.6 Å². The van der Waals surface area contributed by atoms with Crippen molar-refractivity contribution in [2.75, 3.05) is 13.1 Å². The number of hydrogen-bond acceptors (Lipinski definition) is 2. The number of pyridine rings is 1. The van der Waals surface area contributed by atoms with E-state index in [0.29, 0.717) is 30.6 Å². The molecule has 3 aliphatic rings. The Labute approximate surface area is 210 Å². The standard InChI is InChI=1S/C28H27F6N2O/c1-2-18-16-36(15-17-11-20(27(29,30)31)14-21(12-17)28(32,33)34)10-8-19(18)13-25(36)26(37)23-7-9-35-24-6-4-3-5-22(23)24/h2-7,9,11-12,14,18-19,25-26,37H,1,8,10,13,15-16H2/q+1/t18?,19?,25?,26?,36-/m1/s1. The smallest absolute Gasteiger partial charge is 0.382 e. The summed E-state index contributed by atoms with van der Waals surface area (Å²) >= 11 is 0. The maximum atomic E-state index is 13.6. The predicted octanol–water partition coefficient (Wildman–Crippen LogP) is 6.92. The molecule has 0 amide bonds. The molecule has 1 aromatic heterocycles. The van der Waals surface area contributed by atoms with Crippen LogP contribution in [0, 0.1) is 11.8 Å². The highest BCUT2D eigenvalue weighted by atomic mass is 19.4. The molecule has 37 heavy (non-hydrogen) atoms. The van der Waals surface area contributed by atoms with Crippen molar-refractivity contribution in [1.29, 1.82) is 0 Å². The van der Waals surface area contributed by atoms with Gasteiger partial charge in [-0.3, -0.25) is 4.98 Å². The quantitative estimate of drug-likeness (QED) is 0.225. The Morgan fingerprint density at radius 2 is 1.70 bits per heavy atom. The summed E-state index contributed by atoms with van der Waals surface area (Å²) in [5.74, 6) is 0.316. The van der Waals surface area contributed by atoms with E-state index < -0.39 is 35.6 Å². The zero-order valence-corrected chi connectivity index (χ0v) is 19.9. The molecule has 5 atom stereocenters. The lowest BCUT2D eigenvalue weighted by molar-refractivity contribution is -0.984. The van der Waals surface area contributed by atoms with Crippen LogP contribution in [0.1, 0.15) is 41.2 Å². The number of alkyl halides is 6. The van der Waals surface area contributed by atoms with Crippen molar-refractivity contribution in [3.05, 3.63) is 89.6 Å². The lowest BCUT2D eigenvalue weighted by Crippen LogP contribution is -2.67. The molecule has 0 aliphatic carbocycles. The number of quaternary nitrogens is 1. The van der Waals surface area contributed by atoms with E-state index in [-0.39, 0.29) is 34.5 Å².